The second-order valence-electron chi connectivity index (χ2n) is 4.25. The number of carbonyl (C=O) groups excluding carboxylic acids is 1. The van der Waals surface area contributed by atoms with E-state index in [1.54, 1.807) is 12.1 Å². The predicted molar refractivity (Wildman–Crippen MR) is 79.4 cm³/mol. The lowest BCUT2D eigenvalue weighted by atomic mass is 10.1. The lowest BCUT2D eigenvalue weighted by Gasteiger charge is -2.03. The van der Waals surface area contributed by atoms with Crippen molar-refractivity contribution in [3.05, 3.63) is 64.4 Å². The number of phenolic OH excluding ortho intramolecular Hbond substituents is 1. The van der Waals surface area contributed by atoms with Gasteiger partial charge < -0.3 is 9.84 Å². The van der Waals surface area contributed by atoms with Gasteiger partial charge in [0.15, 0.2) is 17.3 Å². The van der Waals surface area contributed by atoms with Crippen LogP contribution in [0.2, 0.25) is 5.02 Å². The van der Waals surface area contributed by atoms with Gasteiger partial charge in [0.2, 0.25) is 0 Å². The van der Waals surface area contributed by atoms with E-state index in [4.69, 9.17) is 16.3 Å². The number of carbonyl (C=O) groups is 1. The van der Waals surface area contributed by atoms with Crippen LogP contribution in [0.4, 0.5) is 4.39 Å². The number of ether oxygens (including phenoxy) is 1. The average molecular weight is 307 g/mol. The van der Waals surface area contributed by atoms with Crippen molar-refractivity contribution in [1.82, 2.24) is 0 Å². The molecule has 0 saturated heterocycles. The van der Waals surface area contributed by atoms with Crippen molar-refractivity contribution < 1.29 is 19.0 Å². The van der Waals surface area contributed by atoms with Crippen LogP contribution in [0.15, 0.2) is 42.5 Å². The third kappa shape index (κ3) is 3.61. The van der Waals surface area contributed by atoms with Gasteiger partial charge in [-0.2, -0.15) is 0 Å². The highest BCUT2D eigenvalue weighted by atomic mass is 35.5. The van der Waals surface area contributed by atoms with Gasteiger partial charge in [-0.25, -0.2) is 4.39 Å². The zero-order valence-electron chi connectivity index (χ0n) is 11.1. The van der Waals surface area contributed by atoms with Crippen molar-refractivity contribution in [3.63, 3.8) is 0 Å². The van der Waals surface area contributed by atoms with Crippen molar-refractivity contribution in [3.8, 4) is 11.5 Å². The summed E-state index contributed by atoms with van der Waals surface area (Å²) in [5.74, 6) is -0.844. The summed E-state index contributed by atoms with van der Waals surface area (Å²) in [5.41, 5.74) is 0.591. The summed E-state index contributed by atoms with van der Waals surface area (Å²) in [7, 11) is 1.43. The van der Waals surface area contributed by atoms with E-state index in [9.17, 15) is 14.3 Å². The van der Waals surface area contributed by atoms with E-state index >= 15 is 0 Å². The normalized spacial score (nSPS) is 10.8. The SMILES string of the molecule is COc1cc(/C=C/C(=O)c2ccc(Cl)cc2F)ccc1O. The van der Waals surface area contributed by atoms with Crippen molar-refractivity contribution in [2.45, 2.75) is 0 Å². The lowest BCUT2D eigenvalue weighted by molar-refractivity contribution is 0.104. The van der Waals surface area contributed by atoms with Crippen LogP contribution >= 0.6 is 11.6 Å². The molecule has 3 nitrogen and oxygen atoms in total. The van der Waals surface area contributed by atoms with Crippen LogP contribution in [-0.2, 0) is 0 Å². The molecule has 0 bridgehead atoms. The Hall–Kier alpha value is -2.33. The first-order valence-corrected chi connectivity index (χ1v) is 6.43. The van der Waals surface area contributed by atoms with Crippen molar-refractivity contribution >= 4 is 23.5 Å². The molecule has 0 spiro atoms. The number of hydrogen-bond donors (Lipinski definition) is 1. The molecular formula is C16H12ClFO3. The van der Waals surface area contributed by atoms with Crippen LogP contribution in [0.1, 0.15) is 15.9 Å². The van der Waals surface area contributed by atoms with Crippen LogP contribution in [-0.4, -0.2) is 18.0 Å². The molecule has 0 atom stereocenters. The number of rotatable bonds is 4. The van der Waals surface area contributed by atoms with Crippen molar-refractivity contribution in [2.24, 2.45) is 0 Å². The van der Waals surface area contributed by atoms with E-state index in [-0.39, 0.29) is 16.3 Å². The van der Waals surface area contributed by atoms with Crippen molar-refractivity contribution in [1.29, 1.82) is 0 Å². The number of hydrogen-bond acceptors (Lipinski definition) is 3. The minimum atomic E-state index is -0.666. The van der Waals surface area contributed by atoms with E-state index in [2.05, 4.69) is 0 Å². The van der Waals surface area contributed by atoms with Crippen LogP contribution in [0, 0.1) is 5.82 Å². The molecule has 5 heteroatoms. The molecule has 1 N–H and O–H groups in total. The Labute approximate surface area is 126 Å². The fourth-order valence-electron chi connectivity index (χ4n) is 1.75. The number of benzene rings is 2. The molecule has 2 aromatic rings. The van der Waals surface area contributed by atoms with Crippen LogP contribution in [0.25, 0.3) is 6.08 Å². The highest BCUT2D eigenvalue weighted by Crippen LogP contribution is 2.26. The number of ketones is 1. The molecule has 0 saturated carbocycles. The zero-order valence-corrected chi connectivity index (χ0v) is 11.9. The molecule has 0 aliphatic heterocycles. The maximum atomic E-state index is 13.6. The van der Waals surface area contributed by atoms with E-state index in [1.165, 1.54) is 37.5 Å². The van der Waals surface area contributed by atoms with E-state index in [1.807, 2.05) is 0 Å². The summed E-state index contributed by atoms with van der Waals surface area (Å²) >= 11 is 5.64. The standard InChI is InChI=1S/C16H12ClFO3/c1-21-16-8-10(3-7-15(16)20)2-6-14(19)12-5-4-11(17)9-13(12)18/h2-9,20H,1H3/b6-2+. The third-order valence-corrected chi connectivity index (χ3v) is 3.06. The van der Waals surface area contributed by atoms with Gasteiger partial charge >= 0.3 is 0 Å². The average Bonchev–Trinajstić information content (AvgIpc) is 2.46. The Balaban J connectivity index is 2.22. The van der Waals surface area contributed by atoms with Gasteiger partial charge in [-0.1, -0.05) is 23.7 Å². The van der Waals surface area contributed by atoms with Gasteiger partial charge in [0.25, 0.3) is 0 Å². The zero-order chi connectivity index (χ0) is 15.4. The molecule has 0 aromatic heterocycles. The molecule has 0 aliphatic rings. The Morgan fingerprint density at radius 3 is 2.71 bits per heavy atom. The van der Waals surface area contributed by atoms with Crippen LogP contribution in [0.3, 0.4) is 0 Å². The van der Waals surface area contributed by atoms with Gasteiger partial charge in [-0.05, 0) is 42.0 Å². The molecular weight excluding hydrogens is 295 g/mol. The Morgan fingerprint density at radius 2 is 2.05 bits per heavy atom. The molecule has 0 unspecified atom stereocenters. The summed E-state index contributed by atoms with van der Waals surface area (Å²) in [5, 5.41) is 9.71. The number of halogens is 2. The first-order chi connectivity index (χ1) is 10.0. The highest BCUT2D eigenvalue weighted by Gasteiger charge is 2.09. The lowest BCUT2D eigenvalue weighted by Crippen LogP contribution is -1.98. The molecule has 0 amide bonds. The van der Waals surface area contributed by atoms with E-state index in [0.29, 0.717) is 11.3 Å². The monoisotopic (exact) mass is 306 g/mol. The molecule has 2 rings (SSSR count). The first-order valence-electron chi connectivity index (χ1n) is 6.05. The number of aromatic hydroxyl groups is 1. The first kappa shape index (κ1) is 15.1. The second kappa shape index (κ2) is 6.41. The number of allylic oxidation sites excluding steroid dienone is 1. The topological polar surface area (TPSA) is 46.5 Å². The van der Waals surface area contributed by atoms with Gasteiger partial charge in [-0.3, -0.25) is 4.79 Å². The fraction of sp³-hybridized carbons (Fsp3) is 0.0625. The third-order valence-electron chi connectivity index (χ3n) is 2.83. The number of phenols is 1. The summed E-state index contributed by atoms with van der Waals surface area (Å²) in [6.45, 7) is 0. The Morgan fingerprint density at radius 1 is 1.29 bits per heavy atom. The van der Waals surface area contributed by atoms with Crippen LogP contribution < -0.4 is 4.74 Å². The fourth-order valence-corrected chi connectivity index (χ4v) is 1.91. The summed E-state index contributed by atoms with van der Waals surface area (Å²) in [4.78, 5) is 11.9. The van der Waals surface area contributed by atoms with Gasteiger partial charge in [0, 0.05) is 5.02 Å². The predicted octanol–water partition coefficient (Wildman–Crippen LogP) is 4.09. The van der Waals surface area contributed by atoms with E-state index in [0.717, 1.165) is 6.07 Å². The smallest absolute Gasteiger partial charge is 0.188 e. The highest BCUT2D eigenvalue weighted by molar-refractivity contribution is 6.30. The number of methoxy groups -OCH3 is 1. The Bertz CT molecular complexity index is 711. The van der Waals surface area contributed by atoms with Crippen LogP contribution in [0.5, 0.6) is 11.5 Å². The Kier molecular flexibility index (Phi) is 4.60. The summed E-state index contributed by atoms with van der Waals surface area (Å²) < 4.78 is 18.6. The van der Waals surface area contributed by atoms with E-state index < -0.39 is 11.6 Å². The molecule has 0 aliphatic carbocycles. The molecule has 108 valence electrons. The minimum absolute atomic E-state index is 0.00437. The maximum absolute atomic E-state index is 13.6. The van der Waals surface area contributed by atoms with Gasteiger partial charge in [0.05, 0.1) is 12.7 Å². The second-order valence-corrected chi connectivity index (χ2v) is 4.69. The van der Waals surface area contributed by atoms with Gasteiger partial charge in [-0.15, -0.1) is 0 Å². The summed E-state index contributed by atoms with van der Waals surface area (Å²) in [6, 6.07) is 8.51. The molecule has 0 fully saturated rings. The molecule has 0 heterocycles. The molecule has 2 aromatic carbocycles. The summed E-state index contributed by atoms with van der Waals surface area (Å²) in [6.07, 6.45) is 2.76. The minimum Gasteiger partial charge on any atom is -0.504 e. The molecule has 21 heavy (non-hydrogen) atoms. The largest absolute Gasteiger partial charge is 0.504 e. The quantitative estimate of drug-likeness (QED) is 0.683. The maximum Gasteiger partial charge on any atom is 0.188 e. The molecule has 0 radical (unpaired) electrons. The van der Waals surface area contributed by atoms with Crippen molar-refractivity contribution in [2.75, 3.05) is 7.11 Å². The van der Waals surface area contributed by atoms with Gasteiger partial charge in [0.1, 0.15) is 5.82 Å².